The SMILES string of the molecule is CCC[C@@H](N)c1c(F)ccc(Cl)c1O. The molecule has 4 heteroatoms. The van der Waals surface area contributed by atoms with Gasteiger partial charge in [0.15, 0.2) is 0 Å². The maximum atomic E-state index is 13.3. The average Bonchev–Trinajstić information content (AvgIpc) is 2.13. The molecule has 0 unspecified atom stereocenters. The number of halogens is 2. The van der Waals surface area contributed by atoms with Crippen molar-refractivity contribution in [2.75, 3.05) is 0 Å². The third kappa shape index (κ3) is 2.16. The standard InChI is InChI=1S/C10H13ClFNO/c1-2-3-8(13)9-7(12)5-4-6(11)10(9)14/h4-5,8,14H,2-3,13H2,1H3/t8-/m1/s1. The summed E-state index contributed by atoms with van der Waals surface area (Å²) in [5.74, 6) is -0.750. The molecule has 0 aromatic heterocycles. The largest absolute Gasteiger partial charge is 0.506 e. The van der Waals surface area contributed by atoms with E-state index in [0.29, 0.717) is 6.42 Å². The van der Waals surface area contributed by atoms with Crippen LogP contribution in [0.15, 0.2) is 12.1 Å². The summed E-state index contributed by atoms with van der Waals surface area (Å²) in [6.45, 7) is 1.94. The van der Waals surface area contributed by atoms with Crippen molar-refractivity contribution in [3.8, 4) is 5.75 Å². The highest BCUT2D eigenvalue weighted by Crippen LogP contribution is 2.34. The second-order valence-electron chi connectivity index (χ2n) is 3.19. The van der Waals surface area contributed by atoms with Crippen LogP contribution in [0.25, 0.3) is 0 Å². The van der Waals surface area contributed by atoms with Crippen LogP contribution in [0.2, 0.25) is 5.02 Å². The maximum absolute atomic E-state index is 13.3. The minimum Gasteiger partial charge on any atom is -0.506 e. The highest BCUT2D eigenvalue weighted by Gasteiger charge is 2.17. The van der Waals surface area contributed by atoms with Crippen LogP contribution in [0, 0.1) is 5.82 Å². The first-order valence-corrected chi connectivity index (χ1v) is 4.88. The third-order valence-electron chi connectivity index (χ3n) is 2.09. The maximum Gasteiger partial charge on any atom is 0.141 e. The van der Waals surface area contributed by atoms with Crippen LogP contribution in [-0.2, 0) is 0 Å². The molecule has 0 aliphatic rings. The molecule has 2 nitrogen and oxygen atoms in total. The topological polar surface area (TPSA) is 46.2 Å². The van der Waals surface area contributed by atoms with Gasteiger partial charge in [-0.05, 0) is 18.6 Å². The average molecular weight is 218 g/mol. The summed E-state index contributed by atoms with van der Waals surface area (Å²) in [4.78, 5) is 0. The molecule has 3 N–H and O–H groups in total. The minimum atomic E-state index is -0.507. The van der Waals surface area contributed by atoms with Crippen molar-refractivity contribution in [2.45, 2.75) is 25.8 Å². The van der Waals surface area contributed by atoms with Gasteiger partial charge in [0.25, 0.3) is 0 Å². The van der Waals surface area contributed by atoms with Crippen molar-refractivity contribution in [3.63, 3.8) is 0 Å². The number of phenolic OH excluding ortho intramolecular Hbond substituents is 1. The predicted molar refractivity (Wildman–Crippen MR) is 54.9 cm³/mol. The normalized spacial score (nSPS) is 12.9. The Bertz CT molecular complexity index is 330. The van der Waals surface area contributed by atoms with E-state index in [1.165, 1.54) is 12.1 Å². The first-order chi connectivity index (χ1) is 6.57. The molecule has 0 bridgehead atoms. The molecule has 0 aliphatic carbocycles. The molecule has 0 saturated heterocycles. The van der Waals surface area contributed by atoms with Gasteiger partial charge in [0.1, 0.15) is 11.6 Å². The summed E-state index contributed by atoms with van der Waals surface area (Å²) in [7, 11) is 0. The fourth-order valence-corrected chi connectivity index (χ4v) is 1.53. The Labute approximate surface area is 87.5 Å². The fourth-order valence-electron chi connectivity index (χ4n) is 1.36. The van der Waals surface area contributed by atoms with E-state index < -0.39 is 11.9 Å². The van der Waals surface area contributed by atoms with Gasteiger partial charge in [-0.25, -0.2) is 4.39 Å². The molecule has 0 amide bonds. The van der Waals surface area contributed by atoms with Crippen LogP contribution < -0.4 is 5.73 Å². The van der Waals surface area contributed by atoms with E-state index >= 15 is 0 Å². The molecular weight excluding hydrogens is 205 g/mol. The molecule has 1 atom stereocenters. The van der Waals surface area contributed by atoms with Crippen molar-refractivity contribution in [1.82, 2.24) is 0 Å². The molecular formula is C10H13ClFNO. The zero-order chi connectivity index (χ0) is 10.7. The second kappa shape index (κ2) is 4.62. The van der Waals surface area contributed by atoms with E-state index in [0.717, 1.165) is 6.42 Å². The van der Waals surface area contributed by atoms with Gasteiger partial charge in [0.2, 0.25) is 0 Å². The summed E-state index contributed by atoms with van der Waals surface area (Å²) in [6.07, 6.45) is 1.44. The van der Waals surface area contributed by atoms with Gasteiger partial charge in [0.05, 0.1) is 5.02 Å². The van der Waals surface area contributed by atoms with Crippen LogP contribution in [-0.4, -0.2) is 5.11 Å². The Morgan fingerprint density at radius 1 is 1.57 bits per heavy atom. The van der Waals surface area contributed by atoms with Crippen molar-refractivity contribution >= 4 is 11.6 Å². The van der Waals surface area contributed by atoms with E-state index in [2.05, 4.69) is 0 Å². The number of hydrogen-bond donors (Lipinski definition) is 2. The van der Waals surface area contributed by atoms with Gasteiger partial charge in [-0.2, -0.15) is 0 Å². The Morgan fingerprint density at radius 3 is 2.79 bits per heavy atom. The van der Waals surface area contributed by atoms with Crippen molar-refractivity contribution in [2.24, 2.45) is 5.73 Å². The second-order valence-corrected chi connectivity index (χ2v) is 3.59. The molecule has 78 valence electrons. The van der Waals surface area contributed by atoms with Crippen LogP contribution in [0.1, 0.15) is 31.4 Å². The number of phenols is 1. The summed E-state index contributed by atoms with van der Waals surface area (Å²) < 4.78 is 13.3. The predicted octanol–water partition coefficient (Wildman–Crippen LogP) is 2.98. The molecule has 0 heterocycles. The van der Waals surface area contributed by atoms with E-state index in [1.807, 2.05) is 6.92 Å². The lowest BCUT2D eigenvalue weighted by Crippen LogP contribution is -2.12. The lowest BCUT2D eigenvalue weighted by molar-refractivity contribution is 0.444. The molecule has 0 fully saturated rings. The molecule has 1 rings (SSSR count). The van der Waals surface area contributed by atoms with Gasteiger partial charge < -0.3 is 10.8 Å². The first kappa shape index (κ1) is 11.3. The number of aromatic hydroxyl groups is 1. The number of rotatable bonds is 3. The molecule has 0 spiro atoms. The first-order valence-electron chi connectivity index (χ1n) is 4.50. The highest BCUT2D eigenvalue weighted by molar-refractivity contribution is 6.32. The zero-order valence-electron chi connectivity index (χ0n) is 7.93. The van der Waals surface area contributed by atoms with E-state index in [9.17, 15) is 9.50 Å². The number of hydrogen-bond acceptors (Lipinski definition) is 2. The van der Waals surface area contributed by atoms with Crippen molar-refractivity contribution in [1.29, 1.82) is 0 Å². The van der Waals surface area contributed by atoms with Crippen LogP contribution in [0.3, 0.4) is 0 Å². The molecule has 0 radical (unpaired) electrons. The summed E-state index contributed by atoms with van der Waals surface area (Å²) in [5.41, 5.74) is 5.83. The van der Waals surface area contributed by atoms with E-state index in [1.54, 1.807) is 0 Å². The van der Waals surface area contributed by atoms with Gasteiger partial charge in [-0.15, -0.1) is 0 Å². The van der Waals surface area contributed by atoms with E-state index in [4.69, 9.17) is 17.3 Å². The lowest BCUT2D eigenvalue weighted by Gasteiger charge is -2.14. The molecule has 0 saturated carbocycles. The van der Waals surface area contributed by atoms with Crippen molar-refractivity contribution < 1.29 is 9.50 Å². The highest BCUT2D eigenvalue weighted by atomic mass is 35.5. The molecule has 1 aromatic carbocycles. The third-order valence-corrected chi connectivity index (χ3v) is 2.39. The Balaban J connectivity index is 3.11. The van der Waals surface area contributed by atoms with Crippen LogP contribution in [0.4, 0.5) is 4.39 Å². The Hall–Kier alpha value is -0.800. The summed E-state index contributed by atoms with van der Waals surface area (Å²) in [5, 5.41) is 9.66. The summed E-state index contributed by atoms with van der Waals surface area (Å²) >= 11 is 5.66. The van der Waals surface area contributed by atoms with Gasteiger partial charge in [-0.3, -0.25) is 0 Å². The summed E-state index contributed by atoms with van der Waals surface area (Å²) in [6, 6.07) is 2.03. The lowest BCUT2D eigenvalue weighted by atomic mass is 10.0. The van der Waals surface area contributed by atoms with Gasteiger partial charge >= 0.3 is 0 Å². The number of benzene rings is 1. The Morgan fingerprint density at radius 2 is 2.21 bits per heavy atom. The van der Waals surface area contributed by atoms with Crippen LogP contribution in [0.5, 0.6) is 5.75 Å². The molecule has 14 heavy (non-hydrogen) atoms. The smallest absolute Gasteiger partial charge is 0.141 e. The van der Waals surface area contributed by atoms with E-state index in [-0.39, 0.29) is 16.3 Å². The monoisotopic (exact) mass is 217 g/mol. The Kier molecular flexibility index (Phi) is 3.72. The van der Waals surface area contributed by atoms with Crippen molar-refractivity contribution in [3.05, 3.63) is 28.5 Å². The molecule has 1 aromatic rings. The van der Waals surface area contributed by atoms with Crippen LogP contribution >= 0.6 is 11.6 Å². The minimum absolute atomic E-state index is 0.111. The fraction of sp³-hybridized carbons (Fsp3) is 0.400. The van der Waals surface area contributed by atoms with Gasteiger partial charge in [0, 0.05) is 11.6 Å². The number of nitrogens with two attached hydrogens (primary N) is 1. The molecule has 0 aliphatic heterocycles. The quantitative estimate of drug-likeness (QED) is 0.818. The zero-order valence-corrected chi connectivity index (χ0v) is 8.68. The van der Waals surface area contributed by atoms with Gasteiger partial charge in [-0.1, -0.05) is 24.9 Å².